The van der Waals surface area contributed by atoms with Crippen LogP contribution < -0.4 is 10.3 Å². The van der Waals surface area contributed by atoms with Crippen molar-refractivity contribution in [2.24, 2.45) is 0 Å². The number of carbonyl (C=O) groups is 1. The average Bonchev–Trinajstić information content (AvgIpc) is 2.09. The maximum Gasteiger partial charge on any atom is 0.514 e. The van der Waals surface area contributed by atoms with Gasteiger partial charge in [-0.25, -0.2) is 4.79 Å². The molecule has 70 valence electrons. The molecule has 5 nitrogen and oxygen atoms in total. The summed E-state index contributed by atoms with van der Waals surface area (Å²) in [6.07, 6.45) is 0.569. The maximum atomic E-state index is 11.0. The molecule has 1 heterocycles. The summed E-state index contributed by atoms with van der Waals surface area (Å²) < 4.78 is 9.07. The van der Waals surface area contributed by atoms with E-state index in [2.05, 4.69) is 14.5 Å². The number of hydrogen-bond acceptors (Lipinski definition) is 4. The predicted molar refractivity (Wildman–Crippen MR) is 44.7 cm³/mol. The fraction of sp³-hybridized carbons (Fsp3) is 0.250. The Kier molecular flexibility index (Phi) is 3.08. The lowest BCUT2D eigenvalue weighted by molar-refractivity contribution is 0.104. The molecule has 0 aliphatic heterocycles. The van der Waals surface area contributed by atoms with Crippen molar-refractivity contribution in [2.45, 2.75) is 6.92 Å². The van der Waals surface area contributed by atoms with Crippen LogP contribution >= 0.6 is 0 Å². The van der Waals surface area contributed by atoms with E-state index in [1.807, 2.05) is 0 Å². The quantitative estimate of drug-likeness (QED) is 0.692. The second-order valence-electron chi connectivity index (χ2n) is 2.15. The van der Waals surface area contributed by atoms with Crippen molar-refractivity contribution in [3.63, 3.8) is 0 Å². The van der Waals surface area contributed by atoms with Gasteiger partial charge in [0.2, 0.25) is 0 Å². The number of aromatic amines is 1. The van der Waals surface area contributed by atoms with Crippen LogP contribution in [0.2, 0.25) is 0 Å². The van der Waals surface area contributed by atoms with Crippen LogP contribution in [0, 0.1) is 0 Å². The third kappa shape index (κ3) is 2.62. The van der Waals surface area contributed by atoms with Gasteiger partial charge in [-0.15, -0.1) is 0 Å². The first kappa shape index (κ1) is 9.31. The topological polar surface area (TPSA) is 68.4 Å². The minimum atomic E-state index is -0.876. The number of pyridine rings is 1. The molecule has 0 spiro atoms. The summed E-state index contributed by atoms with van der Waals surface area (Å²) in [7, 11) is 0. The Balaban J connectivity index is 2.69. The van der Waals surface area contributed by atoms with Crippen molar-refractivity contribution in [1.82, 2.24) is 4.98 Å². The van der Waals surface area contributed by atoms with E-state index in [0.717, 1.165) is 0 Å². The molecule has 0 radical (unpaired) electrons. The highest BCUT2D eigenvalue weighted by molar-refractivity contribution is 5.63. The molecule has 5 heteroatoms. The van der Waals surface area contributed by atoms with E-state index >= 15 is 0 Å². The molecule has 1 rings (SSSR count). The number of ether oxygens (including phenoxy) is 2. The molecule has 0 atom stereocenters. The molecule has 0 aliphatic rings. The van der Waals surface area contributed by atoms with E-state index in [9.17, 15) is 9.59 Å². The smallest absolute Gasteiger partial charge is 0.434 e. The zero-order valence-corrected chi connectivity index (χ0v) is 7.07. The summed E-state index contributed by atoms with van der Waals surface area (Å²) in [6.45, 7) is 1.86. The van der Waals surface area contributed by atoms with Gasteiger partial charge in [0, 0.05) is 6.20 Å². The van der Waals surface area contributed by atoms with Gasteiger partial charge in [-0.05, 0) is 19.1 Å². The summed E-state index contributed by atoms with van der Waals surface area (Å²) in [5.74, 6) is -0.0686. The number of carbonyl (C=O) groups excluding carboxylic acids is 1. The molecular formula is C8H9NO4. The van der Waals surface area contributed by atoms with Crippen molar-refractivity contribution < 1.29 is 14.3 Å². The Bertz CT molecular complexity index is 344. The molecule has 0 saturated carbocycles. The Morgan fingerprint density at radius 3 is 3.00 bits per heavy atom. The van der Waals surface area contributed by atoms with Crippen LogP contribution in [0.15, 0.2) is 23.1 Å². The minimum Gasteiger partial charge on any atom is -0.434 e. The first-order valence-corrected chi connectivity index (χ1v) is 3.76. The van der Waals surface area contributed by atoms with Gasteiger partial charge in [0.1, 0.15) is 0 Å². The summed E-state index contributed by atoms with van der Waals surface area (Å²) in [6, 6.07) is 2.94. The Morgan fingerprint density at radius 1 is 1.62 bits per heavy atom. The van der Waals surface area contributed by atoms with E-state index in [1.54, 1.807) is 13.0 Å². The Hall–Kier alpha value is -1.78. The van der Waals surface area contributed by atoms with E-state index in [1.165, 1.54) is 12.3 Å². The predicted octanol–water partition coefficient (Wildman–Crippen LogP) is 0.910. The lowest BCUT2D eigenvalue weighted by Crippen LogP contribution is -2.16. The second-order valence-corrected chi connectivity index (χ2v) is 2.15. The van der Waals surface area contributed by atoms with Gasteiger partial charge in [0.25, 0.3) is 5.56 Å². The maximum absolute atomic E-state index is 11.0. The third-order valence-corrected chi connectivity index (χ3v) is 1.24. The number of nitrogens with one attached hydrogen (secondary N) is 1. The van der Waals surface area contributed by atoms with Crippen LogP contribution in [0.5, 0.6) is 5.75 Å². The standard InChI is InChI=1S/C8H9NO4/c1-2-12-8(11)13-6-4-3-5-9-7(6)10/h3-5H,2H2,1H3,(H,9,10). The molecule has 0 aromatic carbocycles. The molecule has 0 saturated heterocycles. The monoisotopic (exact) mass is 183 g/mol. The number of rotatable bonds is 2. The van der Waals surface area contributed by atoms with Gasteiger partial charge in [0.05, 0.1) is 6.61 Å². The first-order valence-electron chi connectivity index (χ1n) is 3.76. The lowest BCUT2D eigenvalue weighted by Gasteiger charge is -2.01. The van der Waals surface area contributed by atoms with Crippen molar-refractivity contribution in [3.05, 3.63) is 28.7 Å². The molecule has 1 aromatic heterocycles. The second kappa shape index (κ2) is 4.30. The summed E-state index contributed by atoms with van der Waals surface area (Å²) >= 11 is 0. The van der Waals surface area contributed by atoms with Gasteiger partial charge in [-0.1, -0.05) is 0 Å². The van der Waals surface area contributed by atoms with Crippen LogP contribution in [0.25, 0.3) is 0 Å². The van der Waals surface area contributed by atoms with E-state index in [-0.39, 0.29) is 12.4 Å². The van der Waals surface area contributed by atoms with E-state index < -0.39 is 11.7 Å². The fourth-order valence-electron chi connectivity index (χ4n) is 0.724. The summed E-state index contributed by atoms with van der Waals surface area (Å²) in [5.41, 5.74) is -0.462. The van der Waals surface area contributed by atoms with Crippen LogP contribution in [0.1, 0.15) is 6.92 Å². The van der Waals surface area contributed by atoms with Crippen LogP contribution in [-0.4, -0.2) is 17.7 Å². The molecule has 13 heavy (non-hydrogen) atoms. The zero-order chi connectivity index (χ0) is 9.68. The summed E-state index contributed by atoms with van der Waals surface area (Å²) in [4.78, 5) is 24.1. The van der Waals surface area contributed by atoms with Gasteiger partial charge in [-0.3, -0.25) is 4.79 Å². The Morgan fingerprint density at radius 2 is 2.38 bits per heavy atom. The highest BCUT2D eigenvalue weighted by atomic mass is 16.7. The van der Waals surface area contributed by atoms with Gasteiger partial charge >= 0.3 is 6.16 Å². The molecule has 0 amide bonds. The van der Waals surface area contributed by atoms with Crippen molar-refractivity contribution in [1.29, 1.82) is 0 Å². The Labute approximate surface area is 74.3 Å². The lowest BCUT2D eigenvalue weighted by atomic mass is 10.5. The summed E-state index contributed by atoms with van der Waals surface area (Å²) in [5, 5.41) is 0. The highest BCUT2D eigenvalue weighted by Crippen LogP contribution is 2.00. The third-order valence-electron chi connectivity index (χ3n) is 1.24. The van der Waals surface area contributed by atoms with Crippen LogP contribution in [0.4, 0.5) is 4.79 Å². The first-order chi connectivity index (χ1) is 6.24. The normalized spacial score (nSPS) is 9.31. The van der Waals surface area contributed by atoms with Gasteiger partial charge < -0.3 is 14.5 Å². The number of H-pyrrole nitrogens is 1. The van der Waals surface area contributed by atoms with Gasteiger partial charge in [-0.2, -0.15) is 0 Å². The molecule has 1 aromatic rings. The molecule has 0 unspecified atom stereocenters. The minimum absolute atomic E-state index is 0.0686. The molecular weight excluding hydrogens is 174 g/mol. The van der Waals surface area contributed by atoms with Crippen LogP contribution in [0.3, 0.4) is 0 Å². The van der Waals surface area contributed by atoms with Gasteiger partial charge in [0.15, 0.2) is 5.75 Å². The van der Waals surface area contributed by atoms with E-state index in [4.69, 9.17) is 0 Å². The molecule has 1 N–H and O–H groups in total. The zero-order valence-electron chi connectivity index (χ0n) is 7.07. The van der Waals surface area contributed by atoms with E-state index in [0.29, 0.717) is 0 Å². The largest absolute Gasteiger partial charge is 0.514 e. The molecule has 0 bridgehead atoms. The molecule has 0 fully saturated rings. The fourth-order valence-corrected chi connectivity index (χ4v) is 0.724. The average molecular weight is 183 g/mol. The molecule has 0 aliphatic carbocycles. The number of aromatic nitrogens is 1. The van der Waals surface area contributed by atoms with Crippen molar-refractivity contribution in [3.8, 4) is 5.75 Å². The number of hydrogen-bond donors (Lipinski definition) is 1. The van der Waals surface area contributed by atoms with Crippen molar-refractivity contribution in [2.75, 3.05) is 6.61 Å². The van der Waals surface area contributed by atoms with Crippen molar-refractivity contribution >= 4 is 6.16 Å². The SMILES string of the molecule is CCOC(=O)Oc1ccc[nH]c1=O. The van der Waals surface area contributed by atoms with Crippen LogP contribution in [-0.2, 0) is 4.74 Å². The highest BCUT2D eigenvalue weighted by Gasteiger charge is 2.06.